The number of rotatable bonds is 1. The van der Waals surface area contributed by atoms with Gasteiger partial charge in [-0.25, -0.2) is 0 Å². The Hall–Kier alpha value is -2.47. The Morgan fingerprint density at radius 2 is 2.17 bits per heavy atom. The highest BCUT2D eigenvalue weighted by atomic mass is 16.1. The van der Waals surface area contributed by atoms with E-state index in [0.29, 0.717) is 27.9 Å². The Balaban J connectivity index is 2.63. The number of nitrogen functional groups attached to an aromatic ring is 1. The van der Waals surface area contributed by atoms with Gasteiger partial charge in [-0.2, -0.15) is 5.10 Å². The van der Waals surface area contributed by atoms with Crippen LogP contribution in [0.4, 0.5) is 5.82 Å². The van der Waals surface area contributed by atoms with Crippen molar-refractivity contribution in [3.05, 3.63) is 40.2 Å². The number of nitrogens with two attached hydrogens (primary N) is 2. The summed E-state index contributed by atoms with van der Waals surface area (Å²) in [6.45, 7) is 0.271. The number of pyridine rings is 1. The summed E-state index contributed by atoms with van der Waals surface area (Å²) in [6.07, 6.45) is 0. The van der Waals surface area contributed by atoms with E-state index in [-0.39, 0.29) is 12.0 Å². The summed E-state index contributed by atoms with van der Waals surface area (Å²) in [6, 6.07) is 6.62. The van der Waals surface area contributed by atoms with Crippen LogP contribution < -0.4 is 16.9 Å². The van der Waals surface area contributed by atoms with E-state index >= 15 is 0 Å². The molecule has 0 saturated carbocycles. The third kappa shape index (κ3) is 1.43. The molecule has 2 aromatic heterocycles. The van der Waals surface area contributed by atoms with Crippen LogP contribution in [0.5, 0.6) is 0 Å². The molecule has 2 heterocycles. The molecule has 18 heavy (non-hydrogen) atoms. The normalized spacial score (nSPS) is 11.2. The van der Waals surface area contributed by atoms with Crippen molar-refractivity contribution in [1.82, 2.24) is 15.2 Å². The summed E-state index contributed by atoms with van der Waals surface area (Å²) in [5.41, 5.74) is 13.1. The van der Waals surface area contributed by atoms with Gasteiger partial charge in [0, 0.05) is 11.9 Å². The number of H-pyrrole nitrogens is 1. The molecule has 0 spiro atoms. The van der Waals surface area contributed by atoms with Crippen LogP contribution >= 0.6 is 0 Å². The minimum atomic E-state index is -0.101. The average Bonchev–Trinajstić information content (AvgIpc) is 2.37. The summed E-state index contributed by atoms with van der Waals surface area (Å²) < 4.78 is 0. The highest BCUT2D eigenvalue weighted by Gasteiger charge is 2.10. The number of nitrogens with zero attached hydrogens (tertiary/aromatic N) is 2. The molecule has 6 nitrogen and oxygen atoms in total. The second-order valence-corrected chi connectivity index (χ2v) is 3.99. The highest BCUT2D eigenvalue weighted by molar-refractivity contribution is 6.04. The fraction of sp³-hybridized carbons (Fsp3) is 0.0833. The lowest BCUT2D eigenvalue weighted by Crippen LogP contribution is -2.08. The Morgan fingerprint density at radius 1 is 1.33 bits per heavy atom. The first-order chi connectivity index (χ1) is 8.70. The molecule has 0 aliphatic carbocycles. The van der Waals surface area contributed by atoms with Crippen LogP contribution in [0.1, 0.15) is 5.69 Å². The van der Waals surface area contributed by atoms with Crippen LogP contribution in [0.2, 0.25) is 0 Å². The molecular weight excluding hydrogens is 230 g/mol. The number of hydrogen-bond donors (Lipinski definition) is 3. The summed E-state index contributed by atoms with van der Waals surface area (Å²) in [5, 5.41) is 7.97. The topological polar surface area (TPSA) is 111 Å². The molecule has 0 radical (unpaired) electrons. The quantitative estimate of drug-likeness (QED) is 0.537. The summed E-state index contributed by atoms with van der Waals surface area (Å²) in [7, 11) is 0. The highest BCUT2D eigenvalue weighted by Crippen LogP contribution is 2.22. The fourth-order valence-electron chi connectivity index (χ4n) is 2.08. The van der Waals surface area contributed by atoms with Gasteiger partial charge in [-0.05, 0) is 18.2 Å². The van der Waals surface area contributed by atoms with Crippen LogP contribution in [0.25, 0.3) is 21.8 Å². The first kappa shape index (κ1) is 10.7. The van der Waals surface area contributed by atoms with Crippen LogP contribution in [-0.2, 0) is 6.54 Å². The number of fused-ring (bicyclic) bond motifs is 3. The number of hydrogen-bond acceptors (Lipinski definition) is 5. The number of aromatic amines is 1. The van der Waals surface area contributed by atoms with E-state index < -0.39 is 0 Å². The van der Waals surface area contributed by atoms with Crippen molar-refractivity contribution in [3.63, 3.8) is 0 Å². The van der Waals surface area contributed by atoms with Crippen molar-refractivity contribution < 1.29 is 0 Å². The zero-order valence-electron chi connectivity index (χ0n) is 9.47. The van der Waals surface area contributed by atoms with Gasteiger partial charge < -0.3 is 11.5 Å². The summed E-state index contributed by atoms with van der Waals surface area (Å²) in [4.78, 5) is 16.3. The Bertz CT molecular complexity index is 809. The van der Waals surface area contributed by atoms with E-state index in [1.165, 1.54) is 6.07 Å². The standard InChI is InChI=1S/C12H11N5O/c13-5-8-6-4-10(14)16-17-12(6)11-7(15-8)2-1-3-9(11)18/h1-4,17H,5,13H2,(H2,14,16). The predicted octanol–water partition coefficient (Wildman–Crippen LogP) is 0.512. The van der Waals surface area contributed by atoms with Crippen molar-refractivity contribution in [2.45, 2.75) is 6.54 Å². The lowest BCUT2D eigenvalue weighted by atomic mass is 10.1. The maximum atomic E-state index is 11.9. The molecule has 0 aliphatic heterocycles. The van der Waals surface area contributed by atoms with Crippen LogP contribution in [0.15, 0.2) is 29.1 Å². The molecule has 0 saturated heterocycles. The van der Waals surface area contributed by atoms with Gasteiger partial charge in [0.2, 0.25) is 0 Å². The van der Waals surface area contributed by atoms with Gasteiger partial charge >= 0.3 is 0 Å². The van der Waals surface area contributed by atoms with E-state index in [1.54, 1.807) is 18.2 Å². The molecule has 3 aromatic rings. The van der Waals surface area contributed by atoms with Crippen LogP contribution in [-0.4, -0.2) is 15.2 Å². The molecule has 90 valence electrons. The lowest BCUT2D eigenvalue weighted by Gasteiger charge is -2.07. The molecule has 3 rings (SSSR count). The first-order valence-electron chi connectivity index (χ1n) is 5.47. The van der Waals surface area contributed by atoms with Crippen molar-refractivity contribution in [2.24, 2.45) is 5.73 Å². The fourth-order valence-corrected chi connectivity index (χ4v) is 2.08. The van der Waals surface area contributed by atoms with Crippen molar-refractivity contribution >= 4 is 27.6 Å². The molecule has 0 amide bonds. The zero-order chi connectivity index (χ0) is 12.7. The Kier molecular flexibility index (Phi) is 2.24. The van der Waals surface area contributed by atoms with Crippen molar-refractivity contribution in [3.8, 4) is 0 Å². The van der Waals surface area contributed by atoms with E-state index in [1.807, 2.05) is 0 Å². The van der Waals surface area contributed by atoms with Crippen LogP contribution in [0.3, 0.4) is 0 Å². The molecule has 0 fully saturated rings. The molecule has 0 atom stereocenters. The molecule has 0 unspecified atom stereocenters. The largest absolute Gasteiger partial charge is 0.382 e. The SMILES string of the molecule is NCc1nc2cccc(=O)c2c2[nH]nc(N)cc12. The van der Waals surface area contributed by atoms with Gasteiger partial charge in [0.25, 0.3) is 0 Å². The third-order valence-corrected chi connectivity index (χ3v) is 2.87. The smallest absolute Gasteiger partial charge is 0.190 e. The molecule has 5 N–H and O–H groups in total. The van der Waals surface area contributed by atoms with Gasteiger partial charge in [-0.3, -0.25) is 14.9 Å². The third-order valence-electron chi connectivity index (χ3n) is 2.87. The van der Waals surface area contributed by atoms with Gasteiger partial charge in [0.15, 0.2) is 5.43 Å². The zero-order valence-corrected chi connectivity index (χ0v) is 9.47. The minimum absolute atomic E-state index is 0.101. The Labute approximate surface area is 102 Å². The van der Waals surface area contributed by atoms with Crippen LogP contribution in [0, 0.1) is 0 Å². The van der Waals surface area contributed by atoms with E-state index in [9.17, 15) is 4.79 Å². The average molecular weight is 241 g/mol. The van der Waals surface area contributed by atoms with Gasteiger partial charge in [0.05, 0.1) is 22.1 Å². The van der Waals surface area contributed by atoms with Gasteiger partial charge in [0.1, 0.15) is 5.82 Å². The summed E-state index contributed by atoms with van der Waals surface area (Å²) in [5.74, 6) is 0.335. The second-order valence-electron chi connectivity index (χ2n) is 3.99. The number of aromatic nitrogens is 3. The van der Waals surface area contributed by atoms with E-state index in [4.69, 9.17) is 11.5 Å². The lowest BCUT2D eigenvalue weighted by molar-refractivity contribution is 1.01. The molecule has 1 aromatic carbocycles. The first-order valence-corrected chi connectivity index (χ1v) is 5.47. The molecule has 6 heteroatoms. The number of benzene rings is 1. The monoisotopic (exact) mass is 241 g/mol. The van der Waals surface area contributed by atoms with Crippen molar-refractivity contribution in [2.75, 3.05) is 5.73 Å². The number of anilines is 1. The maximum Gasteiger partial charge on any atom is 0.190 e. The summed E-state index contributed by atoms with van der Waals surface area (Å²) >= 11 is 0. The van der Waals surface area contributed by atoms with E-state index in [0.717, 1.165) is 5.39 Å². The van der Waals surface area contributed by atoms with Gasteiger partial charge in [-0.15, -0.1) is 0 Å². The van der Waals surface area contributed by atoms with Gasteiger partial charge in [-0.1, -0.05) is 6.07 Å². The predicted molar refractivity (Wildman–Crippen MR) is 70.0 cm³/mol. The molecule has 0 aliphatic rings. The minimum Gasteiger partial charge on any atom is -0.382 e. The number of nitrogens with one attached hydrogen (secondary N) is 1. The Morgan fingerprint density at radius 3 is 2.94 bits per heavy atom. The van der Waals surface area contributed by atoms with Crippen molar-refractivity contribution in [1.29, 1.82) is 0 Å². The maximum absolute atomic E-state index is 11.9. The molecular formula is C12H11N5O. The van der Waals surface area contributed by atoms with E-state index in [2.05, 4.69) is 15.2 Å². The second kappa shape index (κ2) is 3.78. The molecule has 0 bridgehead atoms.